The Balaban J connectivity index is 1.95. The lowest BCUT2D eigenvalue weighted by Gasteiger charge is -2.44. The van der Waals surface area contributed by atoms with Gasteiger partial charge in [-0.25, -0.2) is 4.79 Å². The molecule has 6 heteroatoms. The van der Waals surface area contributed by atoms with Gasteiger partial charge >= 0.3 is 6.09 Å². The smallest absolute Gasteiger partial charge is 0.410 e. The second kappa shape index (κ2) is 8.05. The highest BCUT2D eigenvalue weighted by atomic mass is 16.6. The number of hydrogen-bond acceptors (Lipinski definition) is 5. The zero-order valence-corrected chi connectivity index (χ0v) is 18.5. The fourth-order valence-corrected chi connectivity index (χ4v) is 4.73. The van der Waals surface area contributed by atoms with E-state index in [-0.39, 0.29) is 23.7 Å². The van der Waals surface area contributed by atoms with E-state index in [4.69, 9.17) is 14.2 Å². The first-order valence-corrected chi connectivity index (χ1v) is 10.6. The molecule has 1 aliphatic heterocycles. The summed E-state index contributed by atoms with van der Waals surface area (Å²) in [7, 11) is 1.65. The van der Waals surface area contributed by atoms with Crippen molar-refractivity contribution in [3.8, 4) is 11.5 Å². The van der Waals surface area contributed by atoms with Crippen LogP contribution in [-0.2, 0) is 10.2 Å². The number of carbonyl (C=O) groups is 1. The van der Waals surface area contributed by atoms with Crippen LogP contribution in [0.4, 0.5) is 4.79 Å². The average Bonchev–Trinajstić information content (AvgIpc) is 3.00. The highest BCUT2D eigenvalue weighted by Crippen LogP contribution is 2.50. The maximum Gasteiger partial charge on any atom is 0.410 e. The summed E-state index contributed by atoms with van der Waals surface area (Å²) in [6.07, 6.45) is 2.31. The van der Waals surface area contributed by atoms with Crippen molar-refractivity contribution in [2.45, 2.75) is 89.6 Å². The summed E-state index contributed by atoms with van der Waals surface area (Å²) in [5.74, 6) is 1.42. The number of nitrogens with zero attached hydrogens (tertiary/aromatic N) is 1. The number of fused-ring (bicyclic) bond motifs is 1. The Morgan fingerprint density at radius 2 is 1.97 bits per heavy atom. The van der Waals surface area contributed by atoms with Gasteiger partial charge in [-0.05, 0) is 78.0 Å². The normalized spacial score (nSPS) is 27.0. The van der Waals surface area contributed by atoms with Gasteiger partial charge in [0.2, 0.25) is 0 Å². The third kappa shape index (κ3) is 4.47. The van der Waals surface area contributed by atoms with E-state index in [1.807, 2.05) is 51.7 Å². The SMILES string of the molecule is COc1cc([C@@]23CC[C@H](O)C[C@@H]2N(C(=O)OC(C)(C)C)CC3)ccc1OC(C)C. The van der Waals surface area contributed by atoms with E-state index < -0.39 is 11.7 Å². The molecule has 1 amide bonds. The highest BCUT2D eigenvalue weighted by Gasteiger charge is 2.53. The number of ether oxygens (including phenoxy) is 3. The summed E-state index contributed by atoms with van der Waals surface area (Å²) in [6.45, 7) is 10.2. The Morgan fingerprint density at radius 1 is 1.24 bits per heavy atom. The largest absolute Gasteiger partial charge is 0.493 e. The molecule has 2 fully saturated rings. The fourth-order valence-electron chi connectivity index (χ4n) is 4.73. The van der Waals surface area contributed by atoms with E-state index in [0.29, 0.717) is 18.7 Å². The van der Waals surface area contributed by atoms with Crippen LogP contribution < -0.4 is 9.47 Å². The van der Waals surface area contributed by atoms with Crippen molar-refractivity contribution in [2.75, 3.05) is 13.7 Å². The third-order valence-corrected chi connectivity index (χ3v) is 5.96. The van der Waals surface area contributed by atoms with Crippen molar-refractivity contribution >= 4 is 6.09 Å². The Hall–Kier alpha value is -1.95. The summed E-state index contributed by atoms with van der Waals surface area (Å²) in [6, 6.07) is 5.99. The Bertz CT molecular complexity index is 741. The second-order valence-electron chi connectivity index (χ2n) is 9.56. The molecule has 29 heavy (non-hydrogen) atoms. The standard InChI is InChI=1S/C23H35NO5/c1-15(2)28-18-8-7-16(13-19(18)27-6)23-10-9-17(25)14-20(23)24(12-11-23)21(26)29-22(3,4)5/h7-8,13,15,17,20,25H,9-12,14H2,1-6H3/t17-,20-,23-/m0/s1. The van der Waals surface area contributed by atoms with Crippen LogP contribution in [0.5, 0.6) is 11.5 Å². The molecule has 6 nitrogen and oxygen atoms in total. The maximum atomic E-state index is 12.9. The summed E-state index contributed by atoms with van der Waals surface area (Å²) in [4.78, 5) is 14.7. The van der Waals surface area contributed by atoms with Crippen LogP contribution in [0.2, 0.25) is 0 Å². The molecule has 0 radical (unpaired) electrons. The van der Waals surface area contributed by atoms with Crippen molar-refractivity contribution in [3.05, 3.63) is 23.8 Å². The second-order valence-corrected chi connectivity index (χ2v) is 9.56. The maximum absolute atomic E-state index is 12.9. The molecule has 0 bridgehead atoms. The fraction of sp³-hybridized carbons (Fsp3) is 0.696. The molecule has 1 saturated heterocycles. The monoisotopic (exact) mass is 405 g/mol. The Morgan fingerprint density at radius 3 is 2.59 bits per heavy atom. The van der Waals surface area contributed by atoms with Gasteiger partial charge in [0.05, 0.1) is 19.3 Å². The highest BCUT2D eigenvalue weighted by molar-refractivity contribution is 5.70. The molecule has 1 heterocycles. The lowest BCUT2D eigenvalue weighted by atomic mass is 9.65. The zero-order valence-electron chi connectivity index (χ0n) is 18.5. The first-order chi connectivity index (χ1) is 13.6. The van der Waals surface area contributed by atoms with Crippen LogP contribution in [0.1, 0.15) is 65.9 Å². The number of rotatable bonds is 4. The van der Waals surface area contributed by atoms with Crippen LogP contribution in [-0.4, -0.2) is 53.6 Å². The van der Waals surface area contributed by atoms with Gasteiger partial charge in [-0.3, -0.25) is 0 Å². The van der Waals surface area contributed by atoms with Gasteiger partial charge < -0.3 is 24.2 Å². The summed E-state index contributed by atoms with van der Waals surface area (Å²) < 4.78 is 17.1. The molecule has 2 aliphatic rings. The van der Waals surface area contributed by atoms with E-state index >= 15 is 0 Å². The molecule has 0 aromatic heterocycles. The first-order valence-electron chi connectivity index (χ1n) is 10.6. The lowest BCUT2D eigenvalue weighted by molar-refractivity contribution is 0.00365. The molecule has 162 valence electrons. The number of aliphatic hydroxyl groups excluding tert-OH is 1. The molecule has 3 rings (SSSR count). The minimum atomic E-state index is -0.547. The van der Waals surface area contributed by atoms with Gasteiger partial charge in [-0.1, -0.05) is 6.07 Å². The van der Waals surface area contributed by atoms with E-state index in [9.17, 15) is 9.90 Å². The van der Waals surface area contributed by atoms with Gasteiger partial charge in [0.25, 0.3) is 0 Å². The van der Waals surface area contributed by atoms with Crippen LogP contribution in [0.25, 0.3) is 0 Å². The minimum Gasteiger partial charge on any atom is -0.493 e. The van der Waals surface area contributed by atoms with Crippen molar-refractivity contribution in [3.63, 3.8) is 0 Å². The number of aliphatic hydroxyl groups is 1. The van der Waals surface area contributed by atoms with E-state index in [1.54, 1.807) is 7.11 Å². The average molecular weight is 406 g/mol. The molecule has 1 aromatic rings. The predicted octanol–water partition coefficient (Wildman–Crippen LogP) is 4.27. The summed E-state index contributed by atoms with van der Waals surface area (Å²) in [5.41, 5.74) is 0.377. The van der Waals surface area contributed by atoms with Gasteiger partial charge in [0.1, 0.15) is 5.60 Å². The molecule has 3 atom stereocenters. The predicted molar refractivity (Wildman–Crippen MR) is 112 cm³/mol. The van der Waals surface area contributed by atoms with Crippen LogP contribution in [0, 0.1) is 0 Å². The minimum absolute atomic E-state index is 0.0552. The number of methoxy groups -OCH3 is 1. The number of likely N-dealkylation sites (tertiary alicyclic amines) is 1. The van der Waals surface area contributed by atoms with Crippen molar-refractivity contribution in [1.29, 1.82) is 0 Å². The number of amides is 1. The molecule has 0 unspecified atom stereocenters. The summed E-state index contributed by atoms with van der Waals surface area (Å²) >= 11 is 0. The van der Waals surface area contributed by atoms with Crippen LogP contribution in [0.15, 0.2) is 18.2 Å². The third-order valence-electron chi connectivity index (χ3n) is 5.96. The lowest BCUT2D eigenvalue weighted by Crippen LogP contribution is -2.51. The number of hydrogen-bond donors (Lipinski definition) is 1. The quantitative estimate of drug-likeness (QED) is 0.810. The van der Waals surface area contributed by atoms with Crippen LogP contribution >= 0.6 is 0 Å². The molecule has 0 spiro atoms. The van der Waals surface area contributed by atoms with E-state index in [1.165, 1.54) is 0 Å². The Labute approximate surface area is 174 Å². The van der Waals surface area contributed by atoms with Gasteiger partial charge in [0, 0.05) is 18.0 Å². The first kappa shape index (κ1) is 21.8. The van der Waals surface area contributed by atoms with Crippen molar-refractivity contribution < 1.29 is 24.1 Å². The van der Waals surface area contributed by atoms with Crippen molar-refractivity contribution in [1.82, 2.24) is 4.90 Å². The van der Waals surface area contributed by atoms with Crippen LogP contribution in [0.3, 0.4) is 0 Å². The molecule has 1 aliphatic carbocycles. The number of benzene rings is 1. The van der Waals surface area contributed by atoms with E-state index in [0.717, 1.165) is 30.6 Å². The molecular formula is C23H35NO5. The van der Waals surface area contributed by atoms with Gasteiger partial charge in [-0.2, -0.15) is 0 Å². The molecule has 1 aromatic carbocycles. The number of carbonyl (C=O) groups excluding carboxylic acids is 1. The molecule has 1 saturated carbocycles. The van der Waals surface area contributed by atoms with Gasteiger partial charge in [-0.15, -0.1) is 0 Å². The zero-order chi connectivity index (χ0) is 21.4. The topological polar surface area (TPSA) is 68.2 Å². The van der Waals surface area contributed by atoms with Crippen molar-refractivity contribution in [2.24, 2.45) is 0 Å². The molecule has 1 N–H and O–H groups in total. The molecular weight excluding hydrogens is 370 g/mol. The van der Waals surface area contributed by atoms with Gasteiger partial charge in [0.15, 0.2) is 11.5 Å². The Kier molecular flexibility index (Phi) is 6.04. The summed E-state index contributed by atoms with van der Waals surface area (Å²) in [5, 5.41) is 10.4. The van der Waals surface area contributed by atoms with E-state index in [2.05, 4.69) is 6.07 Å².